The van der Waals surface area contributed by atoms with Crippen molar-refractivity contribution in [3.05, 3.63) is 69.9 Å². The number of aliphatic hydroxyl groups excluding tert-OH is 1. The van der Waals surface area contributed by atoms with Crippen LogP contribution in [-0.4, -0.2) is 33.3 Å². The number of rotatable bonds is 6. The first-order chi connectivity index (χ1) is 12.6. The smallest absolute Gasteiger partial charge is 0.253 e. The molecule has 0 radical (unpaired) electrons. The predicted molar refractivity (Wildman–Crippen MR) is 105 cm³/mol. The van der Waals surface area contributed by atoms with Crippen molar-refractivity contribution in [2.45, 2.75) is 20.0 Å². The van der Waals surface area contributed by atoms with Crippen molar-refractivity contribution in [3.63, 3.8) is 0 Å². The molecule has 0 saturated carbocycles. The number of fused-ring (bicyclic) bond motifs is 1. The molecule has 26 heavy (non-hydrogen) atoms. The van der Waals surface area contributed by atoms with E-state index in [9.17, 15) is 9.90 Å². The minimum absolute atomic E-state index is 0.0623. The Hall–Kier alpha value is -2.64. The molecular weight excluding hydrogens is 350 g/mol. The predicted octanol–water partition coefficient (Wildman–Crippen LogP) is 2.30. The number of nitrogens with one attached hydrogen (secondary N) is 2. The molecule has 0 bridgehead atoms. The van der Waals surface area contributed by atoms with E-state index in [2.05, 4.69) is 10.3 Å². The van der Waals surface area contributed by atoms with Gasteiger partial charge in [-0.3, -0.25) is 4.79 Å². The van der Waals surface area contributed by atoms with Crippen LogP contribution in [0.1, 0.15) is 16.9 Å². The summed E-state index contributed by atoms with van der Waals surface area (Å²) in [6.45, 7) is 2.98. The number of hydrogen-bond donors (Lipinski definition) is 3. The van der Waals surface area contributed by atoms with Crippen molar-refractivity contribution in [2.75, 3.05) is 13.2 Å². The Morgan fingerprint density at radius 1 is 1.35 bits per heavy atom. The van der Waals surface area contributed by atoms with Crippen molar-refractivity contribution < 1.29 is 9.52 Å². The first kappa shape index (κ1) is 18.2. The van der Waals surface area contributed by atoms with Crippen molar-refractivity contribution in [2.24, 2.45) is 0 Å². The van der Waals surface area contributed by atoms with Crippen LogP contribution in [0.15, 0.2) is 51.9 Å². The molecule has 2 aromatic heterocycles. The fourth-order valence-corrected chi connectivity index (χ4v) is 3.04. The van der Waals surface area contributed by atoms with E-state index in [-0.39, 0.29) is 12.2 Å². The van der Waals surface area contributed by atoms with Crippen LogP contribution >= 0.6 is 12.2 Å². The lowest BCUT2D eigenvalue weighted by Gasteiger charge is -2.24. The van der Waals surface area contributed by atoms with Gasteiger partial charge in [-0.1, -0.05) is 18.2 Å². The van der Waals surface area contributed by atoms with Gasteiger partial charge in [0.25, 0.3) is 5.56 Å². The van der Waals surface area contributed by atoms with Gasteiger partial charge in [0.1, 0.15) is 5.76 Å². The largest absolute Gasteiger partial charge is 0.467 e. The first-order valence-electron chi connectivity index (χ1n) is 8.36. The number of nitrogens with zero attached hydrogens (tertiary/aromatic N) is 1. The van der Waals surface area contributed by atoms with Crippen LogP contribution in [-0.2, 0) is 13.1 Å². The standard InChI is InChI=1S/C19H21N3O3S/c1-13-4-2-5-14-10-15(18(24)21-17(13)14)12-22(7-8-23)19(26)20-11-16-6-3-9-25-16/h2-6,9-10,23H,7-8,11-12H2,1H3,(H,20,26)(H,21,24). The number of H-pyrrole nitrogens is 1. The van der Waals surface area contributed by atoms with Gasteiger partial charge in [0.05, 0.1) is 31.5 Å². The molecule has 1 aromatic carbocycles. The van der Waals surface area contributed by atoms with E-state index in [4.69, 9.17) is 16.6 Å². The zero-order valence-corrected chi connectivity index (χ0v) is 15.3. The molecule has 136 valence electrons. The molecule has 0 unspecified atom stereocenters. The number of para-hydroxylation sites is 1. The maximum absolute atomic E-state index is 12.5. The summed E-state index contributed by atoms with van der Waals surface area (Å²) in [5.74, 6) is 0.760. The molecular formula is C19H21N3O3S. The highest BCUT2D eigenvalue weighted by Crippen LogP contribution is 2.15. The number of hydrogen-bond acceptors (Lipinski definition) is 4. The molecule has 3 rings (SSSR count). The first-order valence-corrected chi connectivity index (χ1v) is 8.77. The van der Waals surface area contributed by atoms with Gasteiger partial charge in [-0.25, -0.2) is 0 Å². The molecule has 2 heterocycles. The quantitative estimate of drug-likeness (QED) is 0.577. The van der Waals surface area contributed by atoms with Crippen molar-refractivity contribution in [3.8, 4) is 0 Å². The van der Waals surface area contributed by atoms with Crippen LogP contribution in [0, 0.1) is 6.92 Å². The highest BCUT2D eigenvalue weighted by atomic mass is 32.1. The Morgan fingerprint density at radius 3 is 2.92 bits per heavy atom. The van der Waals surface area contributed by atoms with Crippen molar-refractivity contribution in [1.29, 1.82) is 0 Å². The second kappa shape index (κ2) is 8.16. The topological polar surface area (TPSA) is 81.5 Å². The minimum atomic E-state index is -0.149. The van der Waals surface area contributed by atoms with Crippen LogP contribution in [0.25, 0.3) is 10.9 Å². The number of aliphatic hydroxyl groups is 1. The molecule has 0 saturated heterocycles. The summed E-state index contributed by atoms with van der Waals surface area (Å²) in [5.41, 5.74) is 2.31. The lowest BCUT2D eigenvalue weighted by molar-refractivity contribution is 0.245. The van der Waals surface area contributed by atoms with Gasteiger partial charge >= 0.3 is 0 Å². The molecule has 0 amide bonds. The monoisotopic (exact) mass is 371 g/mol. The summed E-state index contributed by atoms with van der Waals surface area (Å²) in [4.78, 5) is 17.2. The van der Waals surface area contributed by atoms with Crippen molar-refractivity contribution >= 4 is 28.2 Å². The maximum atomic E-state index is 12.5. The van der Waals surface area contributed by atoms with Crippen LogP contribution in [0.5, 0.6) is 0 Å². The van der Waals surface area contributed by atoms with Gasteiger partial charge in [0.2, 0.25) is 0 Å². The molecule has 6 nitrogen and oxygen atoms in total. The Morgan fingerprint density at radius 2 is 2.19 bits per heavy atom. The molecule has 3 N–H and O–H groups in total. The zero-order valence-electron chi connectivity index (χ0n) is 14.5. The fourth-order valence-electron chi connectivity index (χ4n) is 2.81. The van der Waals surface area contributed by atoms with Gasteiger partial charge in [-0.05, 0) is 48.3 Å². The molecule has 0 aliphatic carbocycles. The van der Waals surface area contributed by atoms with Crippen LogP contribution in [0.3, 0.4) is 0 Å². The van der Waals surface area contributed by atoms with Gasteiger partial charge in [0, 0.05) is 12.1 Å². The number of aromatic amines is 1. The lowest BCUT2D eigenvalue weighted by Crippen LogP contribution is -2.41. The van der Waals surface area contributed by atoms with Gasteiger partial charge in [-0.2, -0.15) is 0 Å². The van der Waals surface area contributed by atoms with Crippen molar-refractivity contribution in [1.82, 2.24) is 15.2 Å². The van der Waals surface area contributed by atoms with Crippen LogP contribution < -0.4 is 10.9 Å². The summed E-state index contributed by atoms with van der Waals surface area (Å²) in [5, 5.41) is 13.9. The Kier molecular flexibility index (Phi) is 5.70. The van der Waals surface area contributed by atoms with Gasteiger partial charge < -0.3 is 24.7 Å². The number of aromatic nitrogens is 1. The molecule has 3 aromatic rings. The Bertz CT molecular complexity index is 950. The summed E-state index contributed by atoms with van der Waals surface area (Å²) in [7, 11) is 0. The summed E-state index contributed by atoms with van der Waals surface area (Å²) in [6.07, 6.45) is 1.60. The van der Waals surface area contributed by atoms with E-state index in [1.165, 1.54) is 0 Å². The van der Waals surface area contributed by atoms with E-state index in [1.807, 2.05) is 43.3 Å². The van der Waals surface area contributed by atoms with Crippen LogP contribution in [0.2, 0.25) is 0 Å². The van der Waals surface area contributed by atoms with Crippen LogP contribution in [0.4, 0.5) is 0 Å². The third-order valence-corrected chi connectivity index (χ3v) is 4.58. The second-order valence-electron chi connectivity index (χ2n) is 6.05. The zero-order chi connectivity index (χ0) is 18.5. The van der Waals surface area contributed by atoms with E-state index < -0.39 is 0 Å². The minimum Gasteiger partial charge on any atom is -0.467 e. The normalized spacial score (nSPS) is 10.8. The number of benzene rings is 1. The third kappa shape index (κ3) is 4.12. The average molecular weight is 371 g/mol. The summed E-state index contributed by atoms with van der Waals surface area (Å²) >= 11 is 5.42. The molecule has 7 heteroatoms. The molecule has 0 aliphatic rings. The molecule has 0 atom stereocenters. The number of pyridine rings is 1. The molecule has 0 spiro atoms. The maximum Gasteiger partial charge on any atom is 0.253 e. The summed E-state index contributed by atoms with van der Waals surface area (Å²) in [6, 6.07) is 11.4. The summed E-state index contributed by atoms with van der Waals surface area (Å²) < 4.78 is 5.28. The Balaban J connectivity index is 1.78. The highest BCUT2D eigenvalue weighted by molar-refractivity contribution is 7.80. The van der Waals surface area contributed by atoms with Gasteiger partial charge in [-0.15, -0.1) is 0 Å². The van der Waals surface area contributed by atoms with E-state index in [1.54, 1.807) is 11.2 Å². The fraction of sp³-hybridized carbons (Fsp3) is 0.263. The molecule has 0 aliphatic heterocycles. The van der Waals surface area contributed by atoms with E-state index in [0.717, 1.165) is 22.2 Å². The second-order valence-corrected chi connectivity index (χ2v) is 6.43. The molecule has 0 fully saturated rings. The lowest BCUT2D eigenvalue weighted by atomic mass is 10.1. The SMILES string of the molecule is Cc1cccc2cc(CN(CCO)C(=S)NCc3ccco3)c(=O)[nH]c12. The Labute approximate surface area is 156 Å². The van der Waals surface area contributed by atoms with E-state index >= 15 is 0 Å². The number of furan rings is 1. The van der Waals surface area contributed by atoms with E-state index in [0.29, 0.717) is 30.3 Å². The number of thiocarbonyl (C=S) groups is 1. The average Bonchev–Trinajstić information content (AvgIpc) is 3.14. The van der Waals surface area contributed by atoms with Gasteiger partial charge in [0.15, 0.2) is 5.11 Å². The third-order valence-electron chi connectivity index (χ3n) is 4.18. The number of aryl methyl sites for hydroxylation is 1. The highest BCUT2D eigenvalue weighted by Gasteiger charge is 2.13.